The number of hydrogen-bond donors (Lipinski definition) is 1. The summed E-state index contributed by atoms with van der Waals surface area (Å²) in [5.74, 6) is 0.897. The minimum absolute atomic E-state index is 0.249. The fourth-order valence-electron chi connectivity index (χ4n) is 2.57. The molecule has 0 aromatic heterocycles. The fraction of sp³-hybridized carbons (Fsp3) is 0.529. The van der Waals surface area contributed by atoms with Gasteiger partial charge in [-0.1, -0.05) is 30.9 Å². The summed E-state index contributed by atoms with van der Waals surface area (Å²) >= 11 is 5.90. The second-order valence-corrected chi connectivity index (χ2v) is 6.26. The Balaban J connectivity index is 1.82. The minimum Gasteiger partial charge on any atom is -0.481 e. The zero-order chi connectivity index (χ0) is 15.9. The standard InChI is InChI=1S/C17H23ClN2O2/c1-12-10-15(18)8-9-16(12)22-13(2)17(21)20-19-11-14-6-4-3-5-7-14/h8-11,13-14H,3-7H2,1-2H3,(H,20,21). The van der Waals surface area contributed by atoms with E-state index in [1.165, 1.54) is 19.3 Å². The second kappa shape index (κ2) is 8.18. The molecular formula is C17H23ClN2O2. The summed E-state index contributed by atoms with van der Waals surface area (Å²) in [6, 6.07) is 5.32. The number of hydrazone groups is 1. The molecule has 4 nitrogen and oxygen atoms in total. The quantitative estimate of drug-likeness (QED) is 0.655. The first-order valence-corrected chi connectivity index (χ1v) is 8.20. The van der Waals surface area contributed by atoms with Gasteiger partial charge in [0.2, 0.25) is 0 Å². The van der Waals surface area contributed by atoms with Crippen LogP contribution in [0.1, 0.15) is 44.6 Å². The molecule has 0 bridgehead atoms. The van der Waals surface area contributed by atoms with Crippen LogP contribution in [-0.4, -0.2) is 18.2 Å². The number of ether oxygens (including phenoxy) is 1. The number of rotatable bonds is 5. The van der Waals surface area contributed by atoms with E-state index in [2.05, 4.69) is 10.5 Å². The van der Waals surface area contributed by atoms with Crippen molar-refractivity contribution < 1.29 is 9.53 Å². The highest BCUT2D eigenvalue weighted by Crippen LogP contribution is 2.23. The van der Waals surface area contributed by atoms with Crippen LogP contribution in [0, 0.1) is 12.8 Å². The Morgan fingerprint density at radius 1 is 1.41 bits per heavy atom. The summed E-state index contributed by atoms with van der Waals surface area (Å²) in [5, 5.41) is 4.72. The first-order valence-electron chi connectivity index (χ1n) is 7.82. The van der Waals surface area contributed by atoms with Gasteiger partial charge >= 0.3 is 0 Å². The molecule has 5 heteroatoms. The second-order valence-electron chi connectivity index (χ2n) is 5.82. The molecule has 1 amide bonds. The average molecular weight is 323 g/mol. The summed E-state index contributed by atoms with van der Waals surface area (Å²) in [4.78, 5) is 12.0. The van der Waals surface area contributed by atoms with Crippen molar-refractivity contribution in [1.29, 1.82) is 0 Å². The maximum atomic E-state index is 12.0. The zero-order valence-electron chi connectivity index (χ0n) is 13.1. The maximum Gasteiger partial charge on any atom is 0.280 e. The van der Waals surface area contributed by atoms with Crippen molar-refractivity contribution in [2.45, 2.75) is 52.1 Å². The van der Waals surface area contributed by atoms with Crippen LogP contribution in [0.5, 0.6) is 5.75 Å². The van der Waals surface area contributed by atoms with Crippen LogP contribution in [0.3, 0.4) is 0 Å². The van der Waals surface area contributed by atoms with Gasteiger partial charge in [0, 0.05) is 11.2 Å². The van der Waals surface area contributed by atoms with E-state index < -0.39 is 6.10 Å². The molecule has 1 atom stereocenters. The molecule has 0 radical (unpaired) electrons. The third kappa shape index (κ3) is 5.02. The third-order valence-electron chi connectivity index (χ3n) is 3.92. The highest BCUT2D eigenvalue weighted by atomic mass is 35.5. The van der Waals surface area contributed by atoms with Crippen LogP contribution in [0.25, 0.3) is 0 Å². The van der Waals surface area contributed by atoms with E-state index in [1.54, 1.807) is 19.1 Å². The lowest BCUT2D eigenvalue weighted by molar-refractivity contribution is -0.127. The van der Waals surface area contributed by atoms with Crippen LogP contribution in [-0.2, 0) is 4.79 Å². The summed E-state index contributed by atoms with van der Waals surface area (Å²) in [6.07, 6.45) is 7.38. The van der Waals surface area contributed by atoms with Crippen LogP contribution >= 0.6 is 11.6 Å². The molecule has 2 rings (SSSR count). The Morgan fingerprint density at radius 2 is 2.14 bits per heavy atom. The molecule has 22 heavy (non-hydrogen) atoms. The zero-order valence-corrected chi connectivity index (χ0v) is 13.9. The molecule has 120 valence electrons. The number of hydrogen-bond acceptors (Lipinski definition) is 3. The Hall–Kier alpha value is -1.55. The summed E-state index contributed by atoms with van der Waals surface area (Å²) in [7, 11) is 0. The van der Waals surface area contributed by atoms with E-state index in [4.69, 9.17) is 16.3 Å². The predicted molar refractivity (Wildman–Crippen MR) is 89.5 cm³/mol. The highest BCUT2D eigenvalue weighted by Gasteiger charge is 2.16. The molecular weight excluding hydrogens is 300 g/mol. The van der Waals surface area contributed by atoms with E-state index in [0.717, 1.165) is 18.4 Å². The van der Waals surface area contributed by atoms with Gasteiger partial charge in [-0.05, 0) is 56.4 Å². The number of amides is 1. The van der Waals surface area contributed by atoms with Crippen LogP contribution < -0.4 is 10.2 Å². The van der Waals surface area contributed by atoms with Gasteiger partial charge in [0.25, 0.3) is 5.91 Å². The smallest absolute Gasteiger partial charge is 0.280 e. The van der Waals surface area contributed by atoms with Gasteiger partial charge in [-0.15, -0.1) is 0 Å². The highest BCUT2D eigenvalue weighted by molar-refractivity contribution is 6.30. The molecule has 1 aliphatic rings. The van der Waals surface area contributed by atoms with E-state index in [0.29, 0.717) is 16.7 Å². The van der Waals surface area contributed by atoms with E-state index in [9.17, 15) is 4.79 Å². The Labute approximate surface area is 136 Å². The number of carbonyl (C=O) groups excluding carboxylic acids is 1. The van der Waals surface area contributed by atoms with E-state index in [-0.39, 0.29) is 5.91 Å². The number of halogens is 1. The van der Waals surface area contributed by atoms with Gasteiger partial charge in [-0.3, -0.25) is 4.79 Å². The van der Waals surface area contributed by atoms with Crippen LogP contribution in [0.2, 0.25) is 5.02 Å². The molecule has 0 saturated heterocycles. The number of nitrogens with zero attached hydrogens (tertiary/aromatic N) is 1. The molecule has 1 aliphatic carbocycles. The Bertz CT molecular complexity index is 539. The summed E-state index contributed by atoms with van der Waals surface area (Å²) in [5.41, 5.74) is 3.46. The third-order valence-corrected chi connectivity index (χ3v) is 4.15. The summed E-state index contributed by atoms with van der Waals surface area (Å²) < 4.78 is 5.66. The molecule has 0 aliphatic heterocycles. The van der Waals surface area contributed by atoms with Crippen molar-refractivity contribution in [2.75, 3.05) is 0 Å². The molecule has 1 fully saturated rings. The monoisotopic (exact) mass is 322 g/mol. The van der Waals surface area contributed by atoms with Crippen molar-refractivity contribution >= 4 is 23.7 Å². The van der Waals surface area contributed by atoms with Gasteiger partial charge < -0.3 is 4.74 Å². The SMILES string of the molecule is Cc1cc(Cl)ccc1OC(C)C(=O)NN=CC1CCCCC1. The number of carbonyl (C=O) groups is 1. The predicted octanol–water partition coefficient (Wildman–Crippen LogP) is 4.10. The van der Waals surface area contributed by atoms with Gasteiger partial charge in [0.15, 0.2) is 6.10 Å². The van der Waals surface area contributed by atoms with Crippen molar-refractivity contribution in [3.63, 3.8) is 0 Å². The summed E-state index contributed by atoms with van der Waals surface area (Å²) in [6.45, 7) is 3.60. The lowest BCUT2D eigenvalue weighted by atomic mass is 9.90. The van der Waals surface area contributed by atoms with Crippen molar-refractivity contribution in [2.24, 2.45) is 11.0 Å². The number of nitrogens with one attached hydrogen (secondary N) is 1. The van der Waals surface area contributed by atoms with Crippen LogP contribution in [0.15, 0.2) is 23.3 Å². The molecule has 0 spiro atoms. The van der Waals surface area contributed by atoms with Gasteiger partial charge in [-0.25, -0.2) is 5.43 Å². The number of aryl methyl sites for hydroxylation is 1. The van der Waals surface area contributed by atoms with E-state index >= 15 is 0 Å². The van der Waals surface area contributed by atoms with E-state index in [1.807, 2.05) is 19.2 Å². The van der Waals surface area contributed by atoms with Crippen molar-refractivity contribution in [3.8, 4) is 5.75 Å². The van der Waals surface area contributed by atoms with Crippen LogP contribution in [0.4, 0.5) is 0 Å². The number of benzene rings is 1. The largest absolute Gasteiger partial charge is 0.481 e. The Morgan fingerprint density at radius 3 is 2.82 bits per heavy atom. The first-order chi connectivity index (χ1) is 10.6. The normalized spacial score (nSPS) is 17.4. The fourth-order valence-corrected chi connectivity index (χ4v) is 2.80. The van der Waals surface area contributed by atoms with Crippen molar-refractivity contribution in [3.05, 3.63) is 28.8 Å². The molecule has 1 saturated carbocycles. The average Bonchev–Trinajstić information content (AvgIpc) is 2.51. The molecule has 1 unspecified atom stereocenters. The first kappa shape index (κ1) is 16.8. The Kier molecular flexibility index (Phi) is 6.25. The topological polar surface area (TPSA) is 50.7 Å². The molecule has 1 aromatic rings. The lowest BCUT2D eigenvalue weighted by Crippen LogP contribution is -2.33. The van der Waals surface area contributed by atoms with Gasteiger partial charge in [0.1, 0.15) is 5.75 Å². The lowest BCUT2D eigenvalue weighted by Gasteiger charge is -2.17. The van der Waals surface area contributed by atoms with Gasteiger partial charge in [0.05, 0.1) is 0 Å². The minimum atomic E-state index is -0.608. The molecule has 1 aromatic carbocycles. The molecule has 0 heterocycles. The molecule has 1 N–H and O–H groups in total. The van der Waals surface area contributed by atoms with Gasteiger partial charge in [-0.2, -0.15) is 5.10 Å². The maximum absolute atomic E-state index is 12.0. The van der Waals surface area contributed by atoms with Crippen molar-refractivity contribution in [1.82, 2.24) is 5.43 Å².